The van der Waals surface area contributed by atoms with Gasteiger partial charge in [-0.15, -0.1) is 0 Å². The quantitative estimate of drug-likeness (QED) is 0.847. The molecule has 1 atom stereocenters. The monoisotopic (exact) mass is 254 g/mol. The highest BCUT2D eigenvalue weighted by Crippen LogP contribution is 2.29. The molecule has 0 fully saturated rings. The lowest BCUT2D eigenvalue weighted by atomic mass is 10.00. The molecule has 1 heterocycles. The molecule has 0 saturated carbocycles. The first-order valence-corrected chi connectivity index (χ1v) is 5.85. The van der Waals surface area contributed by atoms with Gasteiger partial charge >= 0.3 is 0 Å². The zero-order valence-electron chi connectivity index (χ0n) is 8.31. The molecule has 0 radical (unpaired) electrons. The van der Waals surface area contributed by atoms with Gasteiger partial charge in [0.25, 0.3) is 0 Å². The highest BCUT2D eigenvalue weighted by molar-refractivity contribution is 9.10. The van der Waals surface area contributed by atoms with E-state index in [2.05, 4.69) is 51.7 Å². The van der Waals surface area contributed by atoms with E-state index < -0.39 is 0 Å². The number of para-hydroxylation sites is 1. The van der Waals surface area contributed by atoms with Crippen molar-refractivity contribution in [2.75, 3.05) is 18.4 Å². The van der Waals surface area contributed by atoms with E-state index in [-0.39, 0.29) is 0 Å². The summed E-state index contributed by atoms with van der Waals surface area (Å²) >= 11 is 3.56. The Labute approximate surface area is 93.2 Å². The van der Waals surface area contributed by atoms with Crippen LogP contribution in [0.4, 0.5) is 5.69 Å². The maximum Gasteiger partial charge on any atom is 0.0518 e. The minimum absolute atomic E-state index is 0.571. The van der Waals surface area contributed by atoms with E-state index in [1.165, 1.54) is 15.7 Å². The molecule has 76 valence electrons. The molecule has 14 heavy (non-hydrogen) atoms. The van der Waals surface area contributed by atoms with E-state index in [1.54, 1.807) is 0 Å². The van der Waals surface area contributed by atoms with Gasteiger partial charge in [-0.1, -0.05) is 19.1 Å². The van der Waals surface area contributed by atoms with Gasteiger partial charge in [0, 0.05) is 17.1 Å². The van der Waals surface area contributed by atoms with Crippen molar-refractivity contribution < 1.29 is 0 Å². The number of likely N-dealkylation sites (N-methyl/N-ethyl adjacent to an activating group) is 1. The molecule has 1 aromatic rings. The smallest absolute Gasteiger partial charge is 0.0518 e. The summed E-state index contributed by atoms with van der Waals surface area (Å²) < 4.78 is 1.17. The Kier molecular flexibility index (Phi) is 3.08. The predicted molar refractivity (Wildman–Crippen MR) is 63.8 cm³/mol. The van der Waals surface area contributed by atoms with Crippen LogP contribution in [0.5, 0.6) is 0 Å². The summed E-state index contributed by atoms with van der Waals surface area (Å²) in [5, 5.41) is 6.92. The molecule has 0 saturated heterocycles. The van der Waals surface area contributed by atoms with Crippen LogP contribution in [-0.4, -0.2) is 19.1 Å². The third kappa shape index (κ3) is 1.93. The second-order valence-corrected chi connectivity index (χ2v) is 4.47. The van der Waals surface area contributed by atoms with Gasteiger partial charge in [-0.2, -0.15) is 0 Å². The average Bonchev–Trinajstić information content (AvgIpc) is 2.18. The van der Waals surface area contributed by atoms with Gasteiger partial charge in [-0.3, -0.25) is 0 Å². The van der Waals surface area contributed by atoms with Gasteiger partial charge in [0.1, 0.15) is 0 Å². The van der Waals surface area contributed by atoms with Crippen LogP contribution in [0.2, 0.25) is 0 Å². The van der Waals surface area contributed by atoms with Gasteiger partial charge in [-0.05, 0) is 40.5 Å². The number of fused-ring (bicyclic) bond motifs is 1. The summed E-state index contributed by atoms with van der Waals surface area (Å²) in [4.78, 5) is 0. The molecule has 0 aliphatic carbocycles. The molecule has 1 aromatic carbocycles. The molecular weight excluding hydrogens is 240 g/mol. The van der Waals surface area contributed by atoms with E-state index >= 15 is 0 Å². The molecule has 0 amide bonds. The first kappa shape index (κ1) is 9.99. The molecule has 0 aromatic heterocycles. The number of anilines is 1. The maximum absolute atomic E-state index is 3.56. The van der Waals surface area contributed by atoms with E-state index in [1.807, 2.05) is 0 Å². The SMILES string of the molecule is CCNC1CNc2c(Br)cccc2C1. The summed E-state index contributed by atoms with van der Waals surface area (Å²) in [6.07, 6.45) is 1.12. The van der Waals surface area contributed by atoms with Crippen molar-refractivity contribution in [2.24, 2.45) is 0 Å². The zero-order valence-corrected chi connectivity index (χ0v) is 9.89. The van der Waals surface area contributed by atoms with Crippen molar-refractivity contribution in [3.05, 3.63) is 28.2 Å². The first-order valence-electron chi connectivity index (χ1n) is 5.06. The number of benzene rings is 1. The van der Waals surface area contributed by atoms with Crippen molar-refractivity contribution in [3.8, 4) is 0 Å². The average molecular weight is 255 g/mol. The largest absolute Gasteiger partial charge is 0.382 e. The molecule has 0 bridgehead atoms. The minimum Gasteiger partial charge on any atom is -0.382 e. The third-order valence-corrected chi connectivity index (χ3v) is 3.25. The van der Waals surface area contributed by atoms with Crippen molar-refractivity contribution in [1.29, 1.82) is 0 Å². The number of hydrogen-bond donors (Lipinski definition) is 2. The number of rotatable bonds is 2. The van der Waals surface area contributed by atoms with Crippen LogP contribution >= 0.6 is 15.9 Å². The molecule has 2 N–H and O–H groups in total. The first-order chi connectivity index (χ1) is 6.81. The van der Waals surface area contributed by atoms with Crippen molar-refractivity contribution >= 4 is 21.6 Å². The van der Waals surface area contributed by atoms with Crippen LogP contribution in [0.25, 0.3) is 0 Å². The molecule has 1 aliphatic heterocycles. The Hall–Kier alpha value is -0.540. The summed E-state index contributed by atoms with van der Waals surface area (Å²) in [6, 6.07) is 6.94. The normalized spacial score (nSPS) is 20.0. The summed E-state index contributed by atoms with van der Waals surface area (Å²) in [5.41, 5.74) is 2.67. The van der Waals surface area contributed by atoms with Crippen LogP contribution in [0.1, 0.15) is 12.5 Å². The number of nitrogens with one attached hydrogen (secondary N) is 2. The third-order valence-electron chi connectivity index (χ3n) is 2.58. The lowest BCUT2D eigenvalue weighted by molar-refractivity contribution is 0.534. The molecular formula is C11H15BrN2. The van der Waals surface area contributed by atoms with Crippen LogP contribution < -0.4 is 10.6 Å². The minimum atomic E-state index is 0.571. The molecule has 1 unspecified atom stereocenters. The Morgan fingerprint density at radius 1 is 1.57 bits per heavy atom. The Balaban J connectivity index is 2.18. The van der Waals surface area contributed by atoms with Gasteiger partial charge in [-0.25, -0.2) is 0 Å². The second kappa shape index (κ2) is 4.32. The molecule has 1 aliphatic rings. The summed E-state index contributed by atoms with van der Waals surface area (Å²) in [5.74, 6) is 0. The van der Waals surface area contributed by atoms with Crippen LogP contribution in [0, 0.1) is 0 Å². The zero-order chi connectivity index (χ0) is 9.97. The second-order valence-electron chi connectivity index (χ2n) is 3.61. The highest BCUT2D eigenvalue weighted by Gasteiger charge is 2.18. The van der Waals surface area contributed by atoms with Crippen molar-refractivity contribution in [3.63, 3.8) is 0 Å². The van der Waals surface area contributed by atoms with E-state index in [0.29, 0.717) is 6.04 Å². The molecule has 2 rings (SSSR count). The van der Waals surface area contributed by atoms with Gasteiger partial charge in [0.15, 0.2) is 0 Å². The molecule has 2 nitrogen and oxygen atoms in total. The number of halogens is 1. The number of hydrogen-bond acceptors (Lipinski definition) is 2. The van der Waals surface area contributed by atoms with E-state index in [0.717, 1.165) is 19.5 Å². The predicted octanol–water partition coefficient (Wildman–Crippen LogP) is 2.40. The van der Waals surface area contributed by atoms with E-state index in [4.69, 9.17) is 0 Å². The standard InChI is InChI=1S/C11H15BrN2/c1-2-13-9-6-8-4-3-5-10(12)11(8)14-7-9/h3-5,9,13-14H,2,6-7H2,1H3. The lowest BCUT2D eigenvalue weighted by Crippen LogP contribution is -2.40. The van der Waals surface area contributed by atoms with E-state index in [9.17, 15) is 0 Å². The van der Waals surface area contributed by atoms with Crippen molar-refractivity contribution in [1.82, 2.24) is 5.32 Å². The molecule has 3 heteroatoms. The topological polar surface area (TPSA) is 24.1 Å². The summed E-state index contributed by atoms with van der Waals surface area (Å²) in [6.45, 7) is 4.20. The molecule has 0 spiro atoms. The fraction of sp³-hybridized carbons (Fsp3) is 0.455. The Morgan fingerprint density at radius 2 is 2.43 bits per heavy atom. The Morgan fingerprint density at radius 3 is 3.21 bits per heavy atom. The maximum atomic E-state index is 3.56. The van der Waals surface area contributed by atoms with Crippen LogP contribution in [-0.2, 0) is 6.42 Å². The van der Waals surface area contributed by atoms with Gasteiger partial charge in [0.2, 0.25) is 0 Å². The van der Waals surface area contributed by atoms with Crippen molar-refractivity contribution in [2.45, 2.75) is 19.4 Å². The lowest BCUT2D eigenvalue weighted by Gasteiger charge is -2.27. The highest BCUT2D eigenvalue weighted by atomic mass is 79.9. The Bertz CT molecular complexity index is 325. The summed E-state index contributed by atoms with van der Waals surface area (Å²) in [7, 11) is 0. The fourth-order valence-electron chi connectivity index (χ4n) is 1.93. The van der Waals surface area contributed by atoms with Crippen LogP contribution in [0.15, 0.2) is 22.7 Å². The van der Waals surface area contributed by atoms with Gasteiger partial charge in [0.05, 0.1) is 5.69 Å². The fourth-order valence-corrected chi connectivity index (χ4v) is 2.48. The van der Waals surface area contributed by atoms with Gasteiger partial charge < -0.3 is 10.6 Å². The van der Waals surface area contributed by atoms with Crippen LogP contribution in [0.3, 0.4) is 0 Å².